The van der Waals surface area contributed by atoms with Gasteiger partial charge < -0.3 is 4.90 Å². The van der Waals surface area contributed by atoms with Gasteiger partial charge in [0.05, 0.1) is 11.1 Å². The molecule has 19 heavy (non-hydrogen) atoms. The predicted octanol–water partition coefficient (Wildman–Crippen LogP) is 2.06. The number of carbonyl (C=O) groups excluding carboxylic acids is 2. The number of hydrogen-bond donors (Lipinski definition) is 0. The molecule has 0 spiro atoms. The van der Waals surface area contributed by atoms with E-state index in [1.807, 2.05) is 26.8 Å². The van der Waals surface area contributed by atoms with Crippen LogP contribution in [0.25, 0.3) is 0 Å². The van der Waals surface area contributed by atoms with Crippen LogP contribution in [0.2, 0.25) is 0 Å². The van der Waals surface area contributed by atoms with Gasteiger partial charge in [-0.25, -0.2) is 0 Å². The lowest BCUT2D eigenvalue weighted by Crippen LogP contribution is -2.53. The van der Waals surface area contributed by atoms with Gasteiger partial charge in [0.15, 0.2) is 5.78 Å². The molecule has 1 saturated carbocycles. The average molecular weight is 260 g/mol. The third-order valence-corrected chi connectivity index (χ3v) is 4.26. The highest BCUT2D eigenvalue weighted by molar-refractivity contribution is 6.04. The van der Waals surface area contributed by atoms with Crippen molar-refractivity contribution in [2.24, 2.45) is 11.3 Å². The van der Waals surface area contributed by atoms with E-state index in [0.717, 1.165) is 12.8 Å². The summed E-state index contributed by atoms with van der Waals surface area (Å²) in [5.41, 5.74) is -0.983. The fourth-order valence-electron chi connectivity index (χ4n) is 2.92. The normalized spacial score (nSPS) is 29.4. The zero-order valence-electron chi connectivity index (χ0n) is 12.0. The fraction of sp³-hybridized carbons (Fsp3) is 0.667. The molecule has 0 aliphatic heterocycles. The molecule has 2 rings (SSSR count). The van der Waals surface area contributed by atoms with Crippen molar-refractivity contribution >= 4 is 11.7 Å². The molecule has 1 amide bonds. The highest BCUT2D eigenvalue weighted by Crippen LogP contribution is 2.42. The molecule has 0 saturated heterocycles. The smallest absolute Gasteiger partial charge is 0.226 e. The average Bonchev–Trinajstić information content (AvgIpc) is 3.15. The molecule has 0 N–H and O–H groups in total. The standard InChI is InChI=1S/C15H20N2O2/c1-14(2)9-15(3,7-11(8-16)12(14)18)17(4)13(19)10-5-6-10/h7,10H,5-6,9H2,1-4H3. The van der Waals surface area contributed by atoms with Gasteiger partial charge in [-0.1, -0.05) is 13.8 Å². The Labute approximate surface area is 114 Å². The van der Waals surface area contributed by atoms with Crippen molar-refractivity contribution in [1.29, 1.82) is 5.26 Å². The summed E-state index contributed by atoms with van der Waals surface area (Å²) in [6.45, 7) is 5.61. The maximum atomic E-state index is 12.2. The van der Waals surface area contributed by atoms with E-state index >= 15 is 0 Å². The lowest BCUT2D eigenvalue weighted by Gasteiger charge is -2.44. The zero-order chi connectivity index (χ0) is 14.4. The minimum Gasteiger partial charge on any atom is -0.337 e. The van der Waals surface area contributed by atoms with Crippen molar-refractivity contribution in [3.05, 3.63) is 11.6 Å². The molecule has 1 fully saturated rings. The molecule has 0 aromatic heterocycles. The Morgan fingerprint density at radius 2 is 2.00 bits per heavy atom. The molecular formula is C15H20N2O2. The topological polar surface area (TPSA) is 61.2 Å². The first-order valence-corrected chi connectivity index (χ1v) is 6.67. The lowest BCUT2D eigenvalue weighted by molar-refractivity contribution is -0.138. The Kier molecular flexibility index (Phi) is 3.04. The SMILES string of the molecule is CN(C(=O)C1CC1)C1(C)C=C(C#N)C(=O)C(C)(C)C1. The predicted molar refractivity (Wildman–Crippen MR) is 71.0 cm³/mol. The second kappa shape index (κ2) is 4.19. The Balaban J connectivity index is 2.37. The fourth-order valence-corrected chi connectivity index (χ4v) is 2.92. The lowest BCUT2D eigenvalue weighted by atomic mass is 9.68. The van der Waals surface area contributed by atoms with E-state index in [9.17, 15) is 9.59 Å². The highest BCUT2D eigenvalue weighted by Gasteiger charge is 2.47. The van der Waals surface area contributed by atoms with Crippen molar-refractivity contribution in [2.75, 3.05) is 7.05 Å². The second-order valence-electron chi connectivity index (χ2n) is 6.59. The molecule has 4 heteroatoms. The Morgan fingerprint density at radius 3 is 2.47 bits per heavy atom. The van der Waals surface area contributed by atoms with Crippen LogP contribution in [0.4, 0.5) is 0 Å². The summed E-state index contributed by atoms with van der Waals surface area (Å²) in [5.74, 6) is 0.141. The van der Waals surface area contributed by atoms with Gasteiger partial charge in [0.2, 0.25) is 5.91 Å². The number of allylic oxidation sites excluding steroid dienone is 1. The van der Waals surface area contributed by atoms with Gasteiger partial charge in [0, 0.05) is 18.4 Å². The van der Waals surface area contributed by atoms with Gasteiger partial charge in [-0.05, 0) is 32.3 Å². The maximum Gasteiger partial charge on any atom is 0.226 e. The summed E-state index contributed by atoms with van der Waals surface area (Å²) in [5, 5.41) is 9.13. The summed E-state index contributed by atoms with van der Waals surface area (Å²) in [4.78, 5) is 26.1. The van der Waals surface area contributed by atoms with Crippen LogP contribution in [0.1, 0.15) is 40.0 Å². The Morgan fingerprint density at radius 1 is 1.42 bits per heavy atom. The molecule has 1 unspecified atom stereocenters. The molecule has 0 aromatic rings. The molecule has 4 nitrogen and oxygen atoms in total. The minimum absolute atomic E-state index is 0.125. The molecule has 2 aliphatic carbocycles. The first-order valence-electron chi connectivity index (χ1n) is 6.67. The zero-order valence-corrected chi connectivity index (χ0v) is 12.0. The number of ketones is 1. The van der Waals surface area contributed by atoms with Gasteiger partial charge in [0.25, 0.3) is 0 Å². The van der Waals surface area contributed by atoms with Crippen LogP contribution in [-0.2, 0) is 9.59 Å². The third kappa shape index (κ3) is 2.30. The van der Waals surface area contributed by atoms with Gasteiger partial charge in [-0.3, -0.25) is 9.59 Å². The van der Waals surface area contributed by atoms with E-state index in [0.29, 0.717) is 6.42 Å². The van der Waals surface area contributed by atoms with Crippen molar-refractivity contribution in [3.63, 3.8) is 0 Å². The van der Waals surface area contributed by atoms with Crippen molar-refractivity contribution < 1.29 is 9.59 Å². The van der Waals surface area contributed by atoms with E-state index < -0.39 is 11.0 Å². The van der Waals surface area contributed by atoms with Gasteiger partial charge >= 0.3 is 0 Å². The van der Waals surface area contributed by atoms with Crippen LogP contribution in [0.5, 0.6) is 0 Å². The summed E-state index contributed by atoms with van der Waals surface area (Å²) in [7, 11) is 1.78. The monoisotopic (exact) mass is 260 g/mol. The van der Waals surface area contributed by atoms with Crippen molar-refractivity contribution in [1.82, 2.24) is 4.90 Å². The molecule has 1 atom stereocenters. The number of likely N-dealkylation sites (N-methyl/N-ethyl adjacent to an activating group) is 1. The number of rotatable bonds is 2. The molecule has 0 aromatic carbocycles. The van der Waals surface area contributed by atoms with Crippen LogP contribution in [0, 0.1) is 22.7 Å². The molecule has 2 aliphatic rings. The van der Waals surface area contributed by atoms with E-state index in [-0.39, 0.29) is 23.2 Å². The molecule has 0 radical (unpaired) electrons. The van der Waals surface area contributed by atoms with Crippen LogP contribution < -0.4 is 0 Å². The Hall–Kier alpha value is -1.63. The summed E-state index contributed by atoms with van der Waals surface area (Å²) < 4.78 is 0. The molecule has 102 valence electrons. The summed E-state index contributed by atoms with van der Waals surface area (Å²) >= 11 is 0. The van der Waals surface area contributed by atoms with Crippen LogP contribution >= 0.6 is 0 Å². The molecule has 0 bridgehead atoms. The minimum atomic E-state index is -0.605. The quantitative estimate of drug-likeness (QED) is 0.763. The van der Waals surface area contributed by atoms with Gasteiger partial charge in [0.1, 0.15) is 6.07 Å². The third-order valence-electron chi connectivity index (χ3n) is 4.26. The number of nitrogens with zero attached hydrogens (tertiary/aromatic N) is 2. The van der Waals surface area contributed by atoms with E-state index in [2.05, 4.69) is 0 Å². The highest BCUT2D eigenvalue weighted by atomic mass is 16.2. The van der Waals surface area contributed by atoms with Crippen LogP contribution in [0.15, 0.2) is 11.6 Å². The van der Waals surface area contributed by atoms with E-state index in [4.69, 9.17) is 5.26 Å². The number of carbonyl (C=O) groups is 2. The van der Waals surface area contributed by atoms with E-state index in [1.165, 1.54) is 0 Å². The summed E-state index contributed by atoms with van der Waals surface area (Å²) in [6, 6.07) is 1.98. The van der Waals surface area contributed by atoms with Crippen LogP contribution in [0.3, 0.4) is 0 Å². The molecule has 0 heterocycles. The largest absolute Gasteiger partial charge is 0.337 e. The summed E-state index contributed by atoms with van der Waals surface area (Å²) in [6.07, 6.45) is 4.13. The second-order valence-corrected chi connectivity index (χ2v) is 6.59. The number of nitriles is 1. The number of amides is 1. The first-order chi connectivity index (χ1) is 8.71. The van der Waals surface area contributed by atoms with Gasteiger partial charge in [-0.15, -0.1) is 0 Å². The number of hydrogen-bond acceptors (Lipinski definition) is 3. The van der Waals surface area contributed by atoms with Crippen LogP contribution in [-0.4, -0.2) is 29.2 Å². The Bertz CT molecular complexity index is 509. The first kappa shape index (κ1) is 13.8. The maximum absolute atomic E-state index is 12.2. The van der Waals surface area contributed by atoms with E-state index in [1.54, 1.807) is 18.0 Å². The van der Waals surface area contributed by atoms with Crippen molar-refractivity contribution in [2.45, 2.75) is 45.6 Å². The van der Waals surface area contributed by atoms with Gasteiger partial charge in [-0.2, -0.15) is 5.26 Å². The number of Topliss-reactive ketones (excluding diaryl/α,β-unsaturated/α-hetero) is 1. The molecular weight excluding hydrogens is 240 g/mol. The van der Waals surface area contributed by atoms with Crippen molar-refractivity contribution in [3.8, 4) is 6.07 Å².